The van der Waals surface area contributed by atoms with E-state index >= 15 is 0 Å². The van der Waals surface area contributed by atoms with Crippen LogP contribution in [-0.2, 0) is 4.74 Å². The number of hydrogen-bond acceptors (Lipinski definition) is 7. The van der Waals surface area contributed by atoms with Crippen molar-refractivity contribution < 1.29 is 18.7 Å². The molecule has 0 unspecified atom stereocenters. The van der Waals surface area contributed by atoms with Crippen LogP contribution in [0.4, 0.5) is 5.82 Å². The number of hydrazine groups is 1. The van der Waals surface area contributed by atoms with Crippen molar-refractivity contribution in [2.24, 2.45) is 0 Å². The van der Waals surface area contributed by atoms with Gasteiger partial charge in [-0.05, 0) is 38.1 Å². The zero-order chi connectivity index (χ0) is 18.7. The molecule has 0 aliphatic rings. The van der Waals surface area contributed by atoms with Gasteiger partial charge in [-0.1, -0.05) is 11.6 Å². The van der Waals surface area contributed by atoms with Gasteiger partial charge in [0.25, 0.3) is 5.91 Å². The van der Waals surface area contributed by atoms with Crippen LogP contribution in [0.15, 0.2) is 35.0 Å². The summed E-state index contributed by atoms with van der Waals surface area (Å²) < 4.78 is 10.5. The van der Waals surface area contributed by atoms with Crippen LogP contribution < -0.4 is 10.9 Å². The molecule has 0 aliphatic heterocycles. The summed E-state index contributed by atoms with van der Waals surface area (Å²) in [7, 11) is 0. The van der Waals surface area contributed by atoms with Crippen molar-refractivity contribution in [1.29, 1.82) is 0 Å². The van der Waals surface area contributed by atoms with Crippen LogP contribution in [0.25, 0.3) is 11.1 Å². The molecular formula is C17H15ClN4O4. The van der Waals surface area contributed by atoms with Crippen LogP contribution in [0.3, 0.4) is 0 Å². The van der Waals surface area contributed by atoms with Crippen molar-refractivity contribution in [3.8, 4) is 0 Å². The van der Waals surface area contributed by atoms with Crippen LogP contribution in [0, 0.1) is 6.92 Å². The molecule has 8 nitrogen and oxygen atoms in total. The highest BCUT2D eigenvalue weighted by Crippen LogP contribution is 2.29. The zero-order valence-corrected chi connectivity index (χ0v) is 14.8. The summed E-state index contributed by atoms with van der Waals surface area (Å²) in [5.74, 6) is -0.375. The maximum absolute atomic E-state index is 12.2. The predicted molar refractivity (Wildman–Crippen MR) is 95.0 cm³/mol. The van der Waals surface area contributed by atoms with Gasteiger partial charge < -0.3 is 9.15 Å². The monoisotopic (exact) mass is 374 g/mol. The van der Waals surface area contributed by atoms with Crippen molar-refractivity contribution >= 4 is 40.4 Å². The number of esters is 1. The zero-order valence-electron chi connectivity index (χ0n) is 14.0. The van der Waals surface area contributed by atoms with E-state index in [1.165, 1.54) is 6.33 Å². The van der Waals surface area contributed by atoms with Gasteiger partial charge in [0, 0.05) is 10.6 Å². The quantitative estimate of drug-likeness (QED) is 0.522. The third kappa shape index (κ3) is 3.45. The molecule has 0 atom stereocenters. The van der Waals surface area contributed by atoms with Gasteiger partial charge in [0.15, 0.2) is 5.82 Å². The second kappa shape index (κ2) is 7.40. The molecule has 0 aliphatic carbocycles. The Bertz CT molecular complexity index is 969. The molecule has 2 N–H and O–H groups in total. The molecule has 0 saturated heterocycles. The minimum Gasteiger partial charge on any atom is -0.462 e. The number of rotatable bonds is 5. The summed E-state index contributed by atoms with van der Waals surface area (Å²) in [6.45, 7) is 3.55. The standard InChI is InChI=1S/C17H15ClN4O4/c1-3-25-17(24)12-9(2)26-16-13(12)14(19-8-20-16)21-22-15(23)10-4-6-11(18)7-5-10/h4-8H,3H2,1-2H3,(H,22,23)(H,19,20,21). The SMILES string of the molecule is CCOC(=O)c1c(C)oc2ncnc(NNC(=O)c3ccc(Cl)cc3)c12. The fraction of sp³-hybridized carbons (Fsp3) is 0.176. The maximum atomic E-state index is 12.2. The highest BCUT2D eigenvalue weighted by Gasteiger charge is 2.23. The van der Waals surface area contributed by atoms with E-state index in [4.69, 9.17) is 20.8 Å². The van der Waals surface area contributed by atoms with Gasteiger partial charge in [0.1, 0.15) is 17.7 Å². The highest BCUT2D eigenvalue weighted by molar-refractivity contribution is 6.30. The predicted octanol–water partition coefficient (Wildman–Crippen LogP) is 3.12. The number of halogens is 1. The largest absolute Gasteiger partial charge is 0.462 e. The lowest BCUT2D eigenvalue weighted by Crippen LogP contribution is -2.30. The Balaban J connectivity index is 1.89. The number of aromatic nitrogens is 2. The third-order valence-electron chi connectivity index (χ3n) is 3.54. The molecule has 1 amide bonds. The molecule has 0 bridgehead atoms. The number of carbonyl (C=O) groups is 2. The van der Waals surface area contributed by atoms with E-state index < -0.39 is 11.9 Å². The maximum Gasteiger partial charge on any atom is 0.342 e. The lowest BCUT2D eigenvalue weighted by Gasteiger charge is -2.09. The van der Waals surface area contributed by atoms with Crippen molar-refractivity contribution in [2.45, 2.75) is 13.8 Å². The average Bonchev–Trinajstić information content (AvgIpc) is 2.97. The number of carbonyl (C=O) groups excluding carboxylic acids is 2. The second-order valence-electron chi connectivity index (χ2n) is 5.24. The molecule has 2 heterocycles. The molecule has 3 rings (SSSR count). The highest BCUT2D eigenvalue weighted by atomic mass is 35.5. The molecule has 26 heavy (non-hydrogen) atoms. The first kappa shape index (κ1) is 17.7. The number of nitrogens with one attached hydrogen (secondary N) is 2. The van der Waals surface area contributed by atoms with Gasteiger partial charge in [-0.3, -0.25) is 15.6 Å². The summed E-state index contributed by atoms with van der Waals surface area (Å²) in [6, 6.07) is 6.39. The Morgan fingerprint density at radius 3 is 2.65 bits per heavy atom. The topological polar surface area (TPSA) is 106 Å². The van der Waals surface area contributed by atoms with Gasteiger partial charge in [0.2, 0.25) is 5.71 Å². The number of ether oxygens (including phenoxy) is 1. The van der Waals surface area contributed by atoms with Crippen molar-refractivity contribution in [3.05, 3.63) is 52.5 Å². The number of fused-ring (bicyclic) bond motifs is 1. The smallest absolute Gasteiger partial charge is 0.342 e. The lowest BCUT2D eigenvalue weighted by molar-refractivity contribution is 0.0526. The average molecular weight is 375 g/mol. The second-order valence-corrected chi connectivity index (χ2v) is 5.68. The van der Waals surface area contributed by atoms with Crippen molar-refractivity contribution in [2.75, 3.05) is 12.0 Å². The summed E-state index contributed by atoms with van der Waals surface area (Å²) in [6.07, 6.45) is 1.26. The Morgan fingerprint density at radius 1 is 1.23 bits per heavy atom. The molecule has 0 saturated carbocycles. The number of amides is 1. The molecular weight excluding hydrogens is 360 g/mol. The summed E-state index contributed by atoms with van der Waals surface area (Å²) in [5.41, 5.74) is 6.05. The molecule has 0 spiro atoms. The molecule has 2 aromatic heterocycles. The van der Waals surface area contributed by atoms with Gasteiger partial charge in [-0.2, -0.15) is 0 Å². The van der Waals surface area contributed by atoms with Crippen molar-refractivity contribution in [3.63, 3.8) is 0 Å². The minimum atomic E-state index is -0.550. The first-order valence-electron chi connectivity index (χ1n) is 7.74. The molecule has 0 radical (unpaired) electrons. The van der Waals surface area contributed by atoms with Gasteiger partial charge in [-0.25, -0.2) is 14.8 Å². The number of furan rings is 1. The normalized spacial score (nSPS) is 10.6. The van der Waals surface area contributed by atoms with E-state index in [2.05, 4.69) is 20.8 Å². The van der Waals surface area contributed by atoms with Gasteiger partial charge in [-0.15, -0.1) is 0 Å². The third-order valence-corrected chi connectivity index (χ3v) is 3.80. The summed E-state index contributed by atoms with van der Waals surface area (Å²) in [5, 5.41) is 0.861. The number of aryl methyl sites for hydroxylation is 1. The van der Waals surface area contributed by atoms with Crippen molar-refractivity contribution in [1.82, 2.24) is 15.4 Å². The van der Waals surface area contributed by atoms with E-state index in [1.54, 1.807) is 38.1 Å². The number of anilines is 1. The Hall–Kier alpha value is -3.13. The first-order chi connectivity index (χ1) is 12.5. The first-order valence-corrected chi connectivity index (χ1v) is 8.12. The van der Waals surface area contributed by atoms with Crippen LogP contribution >= 0.6 is 11.6 Å². The lowest BCUT2D eigenvalue weighted by atomic mass is 10.2. The van der Waals surface area contributed by atoms with E-state index in [0.29, 0.717) is 21.7 Å². The summed E-state index contributed by atoms with van der Waals surface area (Å²) in [4.78, 5) is 32.5. The van der Waals surface area contributed by atoms with E-state index in [-0.39, 0.29) is 23.7 Å². The van der Waals surface area contributed by atoms with Crippen LogP contribution in [-0.4, -0.2) is 28.5 Å². The molecule has 0 fully saturated rings. The molecule has 134 valence electrons. The Morgan fingerprint density at radius 2 is 1.96 bits per heavy atom. The van der Waals surface area contributed by atoms with Gasteiger partial charge >= 0.3 is 5.97 Å². The number of benzene rings is 1. The van der Waals surface area contributed by atoms with Gasteiger partial charge in [0.05, 0.1) is 12.0 Å². The van der Waals surface area contributed by atoms with E-state index in [9.17, 15) is 9.59 Å². The Labute approximate surface area is 153 Å². The fourth-order valence-electron chi connectivity index (χ4n) is 2.38. The number of hydrogen-bond donors (Lipinski definition) is 2. The van der Waals surface area contributed by atoms with Crippen LogP contribution in [0.1, 0.15) is 33.4 Å². The fourth-order valence-corrected chi connectivity index (χ4v) is 2.50. The minimum absolute atomic E-state index is 0.212. The Kier molecular flexibility index (Phi) is 5.04. The number of nitrogens with zero attached hydrogens (tertiary/aromatic N) is 2. The van der Waals surface area contributed by atoms with E-state index in [0.717, 1.165) is 0 Å². The van der Waals surface area contributed by atoms with Crippen LogP contribution in [0.2, 0.25) is 5.02 Å². The molecule has 3 aromatic rings. The summed E-state index contributed by atoms with van der Waals surface area (Å²) >= 11 is 5.81. The molecule has 9 heteroatoms. The van der Waals surface area contributed by atoms with E-state index in [1.807, 2.05) is 0 Å². The molecule has 1 aromatic carbocycles. The van der Waals surface area contributed by atoms with Crippen LogP contribution in [0.5, 0.6) is 0 Å².